The fraction of sp³-hybridized carbons (Fsp3) is 0.273. The number of allylic oxidation sites excluding steroid dienone is 1. The first-order valence-electron chi connectivity index (χ1n) is 14.3. The van der Waals surface area contributed by atoms with Crippen LogP contribution in [0.1, 0.15) is 53.8 Å². The normalized spacial score (nSPS) is 22.8. The summed E-state index contributed by atoms with van der Waals surface area (Å²) in [7, 11) is -2.95. The second kappa shape index (κ2) is 10.5. The average Bonchev–Trinajstić information content (AvgIpc) is 3.75. The number of benzene rings is 2. The Balaban J connectivity index is 1.31. The van der Waals surface area contributed by atoms with Gasteiger partial charge in [-0.3, -0.25) is 9.78 Å². The Kier molecular flexibility index (Phi) is 6.87. The highest BCUT2D eigenvalue weighted by atomic mass is 35.5. The second-order valence-electron chi connectivity index (χ2n) is 11.6. The Morgan fingerprint density at radius 2 is 1.67 bits per heavy atom. The van der Waals surface area contributed by atoms with E-state index >= 15 is 0 Å². The van der Waals surface area contributed by atoms with Crippen molar-refractivity contribution in [2.45, 2.75) is 55.5 Å². The molecule has 0 amide bonds. The van der Waals surface area contributed by atoms with E-state index in [1.54, 1.807) is 47.3 Å². The molecule has 220 valence electrons. The van der Waals surface area contributed by atoms with Crippen molar-refractivity contribution in [2.75, 3.05) is 0 Å². The zero-order valence-electron chi connectivity index (χ0n) is 23.3. The van der Waals surface area contributed by atoms with Crippen LogP contribution in [0.5, 0.6) is 0 Å². The molecule has 0 N–H and O–H groups in total. The molecule has 7 rings (SSSR count). The van der Waals surface area contributed by atoms with Gasteiger partial charge in [0.2, 0.25) is 0 Å². The van der Waals surface area contributed by atoms with Gasteiger partial charge in [-0.2, -0.15) is 5.10 Å². The quantitative estimate of drug-likeness (QED) is 0.170. The molecule has 2 aromatic heterocycles. The van der Waals surface area contributed by atoms with Crippen LogP contribution in [0.3, 0.4) is 0 Å². The molecule has 10 heteroatoms. The number of pyridine rings is 1. The lowest BCUT2D eigenvalue weighted by Crippen LogP contribution is -2.51. The molecule has 0 saturated heterocycles. The molecule has 3 aliphatic carbocycles. The number of aromatic nitrogens is 3. The van der Waals surface area contributed by atoms with Crippen molar-refractivity contribution in [1.29, 1.82) is 0 Å². The smallest absolute Gasteiger partial charge is 0.191 e. The molecule has 0 bridgehead atoms. The summed E-state index contributed by atoms with van der Waals surface area (Å²) < 4.78 is 45.6. The molecule has 3 atom stereocenters. The van der Waals surface area contributed by atoms with Crippen molar-refractivity contribution in [2.24, 2.45) is 5.41 Å². The SMILES string of the molecule is C=S(=O)(c1ccc(F)cc1)N(C1CC1)[C@H]1CCC2=Cc3c(cnn3-c3ccc(F)cc3)C[C@]2(C(=O)c2ccc(Cl)cn2)C1. The van der Waals surface area contributed by atoms with Gasteiger partial charge in [0.15, 0.2) is 5.78 Å². The number of carbonyl (C=O) groups excluding carboxylic acids is 1. The molecule has 4 aromatic rings. The van der Waals surface area contributed by atoms with Crippen LogP contribution < -0.4 is 0 Å². The van der Waals surface area contributed by atoms with Gasteiger partial charge < -0.3 is 0 Å². The van der Waals surface area contributed by atoms with E-state index in [1.807, 2.05) is 10.4 Å². The highest BCUT2D eigenvalue weighted by Gasteiger charge is 2.52. The lowest BCUT2D eigenvalue weighted by Gasteiger charge is -2.47. The van der Waals surface area contributed by atoms with E-state index in [1.165, 1.54) is 30.5 Å². The first-order valence-corrected chi connectivity index (χ1v) is 16.3. The summed E-state index contributed by atoms with van der Waals surface area (Å²) in [6.45, 7) is 0. The largest absolute Gasteiger partial charge is 0.291 e. The maximum Gasteiger partial charge on any atom is 0.191 e. The average molecular weight is 619 g/mol. The predicted molar refractivity (Wildman–Crippen MR) is 164 cm³/mol. The molecule has 2 fully saturated rings. The summed E-state index contributed by atoms with van der Waals surface area (Å²) in [4.78, 5) is 19.4. The molecule has 2 aromatic carbocycles. The van der Waals surface area contributed by atoms with E-state index in [4.69, 9.17) is 11.6 Å². The van der Waals surface area contributed by atoms with Gasteiger partial charge in [-0.1, -0.05) is 17.2 Å². The number of rotatable bonds is 7. The Hall–Kier alpha value is -3.66. The van der Waals surface area contributed by atoms with Crippen molar-refractivity contribution in [1.82, 2.24) is 19.1 Å². The van der Waals surface area contributed by atoms with Crippen molar-refractivity contribution < 1.29 is 17.8 Å². The van der Waals surface area contributed by atoms with Crippen LogP contribution in [-0.2, 0) is 16.1 Å². The molecular weight excluding hydrogens is 590 g/mol. The molecule has 3 aliphatic rings. The molecule has 0 aliphatic heterocycles. The summed E-state index contributed by atoms with van der Waals surface area (Å²) in [6.07, 6.45) is 9.16. The zero-order chi connectivity index (χ0) is 29.9. The third-order valence-corrected chi connectivity index (χ3v) is 11.4. The standard InChI is InChI=1S/C33H29ClF2N4O2S/c1-43(42,29-13-6-25(36)7-14-29)40(27-11-12-27)28-8-2-22-16-31-21(19-38-39(31)26-9-4-24(35)5-10-26)17-33(22,18-28)32(41)30-15-3-23(34)20-37-30/h3-7,9-10,13-16,19-20,27-28H,1-2,8,11-12,17-18H2/t28-,33-,43?/m0/s1. The Morgan fingerprint density at radius 3 is 2.33 bits per heavy atom. The number of halogens is 3. The fourth-order valence-electron chi connectivity index (χ4n) is 6.72. The lowest BCUT2D eigenvalue weighted by atomic mass is 9.60. The monoisotopic (exact) mass is 618 g/mol. The van der Waals surface area contributed by atoms with Crippen molar-refractivity contribution in [3.05, 3.63) is 112 Å². The molecule has 0 radical (unpaired) electrons. The molecule has 0 spiro atoms. The minimum Gasteiger partial charge on any atom is -0.291 e. The van der Waals surface area contributed by atoms with Gasteiger partial charge in [0.05, 0.1) is 37.7 Å². The Bertz CT molecular complexity index is 1850. The van der Waals surface area contributed by atoms with Gasteiger partial charge >= 0.3 is 0 Å². The summed E-state index contributed by atoms with van der Waals surface area (Å²) >= 11 is 6.11. The Labute approximate surface area is 254 Å². The number of Topliss-reactive ketones (excluding diaryl/α,β-unsaturated/α-hetero) is 1. The summed E-state index contributed by atoms with van der Waals surface area (Å²) in [5, 5.41) is 5.06. The Morgan fingerprint density at radius 1 is 0.977 bits per heavy atom. The maximum atomic E-state index is 14.5. The van der Waals surface area contributed by atoms with Gasteiger partial charge in [-0.15, -0.1) is 0 Å². The number of ketones is 1. The van der Waals surface area contributed by atoms with Crippen LogP contribution in [0.2, 0.25) is 5.02 Å². The second-order valence-corrected chi connectivity index (χ2v) is 14.3. The van der Waals surface area contributed by atoms with Crippen LogP contribution in [-0.4, -0.2) is 47.0 Å². The van der Waals surface area contributed by atoms with Gasteiger partial charge in [-0.25, -0.2) is 22.0 Å². The topological polar surface area (TPSA) is 68.1 Å². The molecule has 2 heterocycles. The van der Waals surface area contributed by atoms with Crippen LogP contribution in [0, 0.1) is 17.0 Å². The molecule has 2 saturated carbocycles. The first-order chi connectivity index (χ1) is 20.7. The van der Waals surface area contributed by atoms with Crippen LogP contribution in [0.15, 0.2) is 83.5 Å². The number of carbonyl (C=O) groups is 1. The van der Waals surface area contributed by atoms with E-state index in [0.29, 0.717) is 41.3 Å². The number of nitrogens with zero attached hydrogens (tertiary/aromatic N) is 4. The minimum absolute atomic E-state index is 0.0757. The van der Waals surface area contributed by atoms with Gasteiger partial charge in [-0.05, 0) is 117 Å². The highest BCUT2D eigenvalue weighted by Crippen LogP contribution is 2.52. The van der Waals surface area contributed by atoms with Crippen LogP contribution in [0.4, 0.5) is 8.78 Å². The first kappa shape index (κ1) is 28.1. The summed E-state index contributed by atoms with van der Waals surface area (Å²) in [6, 6.07) is 15.0. The van der Waals surface area contributed by atoms with Crippen molar-refractivity contribution >= 4 is 39.0 Å². The fourth-order valence-corrected chi connectivity index (χ4v) is 8.99. The minimum atomic E-state index is -2.95. The van der Waals surface area contributed by atoms with Gasteiger partial charge in [0.1, 0.15) is 17.3 Å². The molecular formula is C33H29ClF2N4O2S. The lowest BCUT2D eigenvalue weighted by molar-refractivity contribution is 0.0736. The number of hydrogen-bond donors (Lipinski definition) is 0. The molecule has 6 nitrogen and oxygen atoms in total. The van der Waals surface area contributed by atoms with E-state index in [-0.39, 0.29) is 23.7 Å². The summed E-state index contributed by atoms with van der Waals surface area (Å²) in [5.41, 5.74) is 2.81. The third kappa shape index (κ3) is 4.93. The molecule has 43 heavy (non-hydrogen) atoms. The molecule has 1 unspecified atom stereocenters. The van der Waals surface area contributed by atoms with E-state index < -0.39 is 20.9 Å². The van der Waals surface area contributed by atoms with Crippen molar-refractivity contribution in [3.8, 4) is 5.69 Å². The number of hydrogen-bond acceptors (Lipinski definition) is 4. The van der Waals surface area contributed by atoms with Gasteiger partial charge in [0.25, 0.3) is 0 Å². The van der Waals surface area contributed by atoms with Crippen LogP contribution in [0.25, 0.3) is 11.8 Å². The van der Waals surface area contributed by atoms with E-state index in [0.717, 1.165) is 35.4 Å². The maximum absolute atomic E-state index is 14.5. The van der Waals surface area contributed by atoms with Crippen LogP contribution >= 0.6 is 11.6 Å². The van der Waals surface area contributed by atoms with E-state index in [2.05, 4.69) is 16.0 Å². The van der Waals surface area contributed by atoms with E-state index in [9.17, 15) is 17.8 Å². The third-order valence-electron chi connectivity index (χ3n) is 8.89. The highest BCUT2D eigenvalue weighted by molar-refractivity contribution is 7.98. The summed E-state index contributed by atoms with van der Waals surface area (Å²) in [5.74, 6) is 3.34. The zero-order valence-corrected chi connectivity index (χ0v) is 24.8. The predicted octanol–water partition coefficient (Wildman–Crippen LogP) is 6.72. The number of fused-ring (bicyclic) bond motifs is 2. The van der Waals surface area contributed by atoms with Gasteiger partial charge in [0, 0.05) is 23.2 Å². The van der Waals surface area contributed by atoms with Crippen molar-refractivity contribution in [3.63, 3.8) is 0 Å².